The molecule has 0 spiro atoms. The molecule has 14 heavy (non-hydrogen) atoms. The number of fused-ring (bicyclic) bond motifs is 1. The summed E-state index contributed by atoms with van der Waals surface area (Å²) in [5, 5.41) is 8.78. The molecule has 0 unspecified atom stereocenters. The Morgan fingerprint density at radius 3 is 3.07 bits per heavy atom. The zero-order valence-electron chi connectivity index (χ0n) is 8.03. The van der Waals surface area contributed by atoms with Crippen molar-refractivity contribution in [2.45, 2.75) is 25.7 Å². The first-order valence-corrected chi connectivity index (χ1v) is 4.96. The molecule has 0 radical (unpaired) electrons. The summed E-state index contributed by atoms with van der Waals surface area (Å²) in [6.45, 7) is 0. The van der Waals surface area contributed by atoms with Gasteiger partial charge in [-0.15, -0.1) is 0 Å². The molecule has 70 valence electrons. The smallest absolute Gasteiger partial charge is 0.0991 e. The minimum atomic E-state index is 0.736. The number of hydrogen-bond acceptors (Lipinski definition) is 2. The van der Waals surface area contributed by atoms with Crippen LogP contribution in [-0.2, 0) is 6.42 Å². The third-order valence-corrected chi connectivity index (χ3v) is 2.47. The lowest BCUT2D eigenvalue weighted by atomic mass is 10.0. The summed E-state index contributed by atoms with van der Waals surface area (Å²) in [6, 6.07) is 7.89. The zero-order chi connectivity index (χ0) is 9.80. The fraction of sp³-hybridized carbons (Fsp3) is 0.333. The molecule has 2 nitrogen and oxygen atoms in total. The monoisotopic (exact) mass is 184 g/mol. The molecule has 1 aliphatic rings. The van der Waals surface area contributed by atoms with E-state index in [4.69, 9.17) is 5.26 Å². The van der Waals surface area contributed by atoms with E-state index in [-0.39, 0.29) is 0 Å². The molecular formula is C12H12N2. The first-order valence-electron chi connectivity index (χ1n) is 4.96. The van der Waals surface area contributed by atoms with E-state index in [1.54, 1.807) is 0 Å². The molecular weight excluding hydrogens is 172 g/mol. The fourth-order valence-corrected chi connectivity index (χ4v) is 1.70. The SMILES string of the molecule is N#Cc1ccc2c(c1)CCCCC=N2. The van der Waals surface area contributed by atoms with Gasteiger partial charge >= 0.3 is 0 Å². The molecule has 0 saturated heterocycles. The Morgan fingerprint density at radius 2 is 2.21 bits per heavy atom. The van der Waals surface area contributed by atoms with Crippen molar-refractivity contribution in [3.8, 4) is 6.07 Å². The Labute approximate surface area is 83.9 Å². The quantitative estimate of drug-likeness (QED) is 0.610. The van der Waals surface area contributed by atoms with E-state index < -0.39 is 0 Å². The highest BCUT2D eigenvalue weighted by atomic mass is 14.7. The van der Waals surface area contributed by atoms with Crippen LogP contribution in [0.5, 0.6) is 0 Å². The van der Waals surface area contributed by atoms with Crippen LogP contribution in [0.4, 0.5) is 5.69 Å². The number of nitrogens with zero attached hydrogens (tertiary/aromatic N) is 2. The number of aliphatic imine (C=N–C) groups is 1. The summed E-state index contributed by atoms with van der Waals surface area (Å²) in [6.07, 6.45) is 6.47. The van der Waals surface area contributed by atoms with E-state index >= 15 is 0 Å². The maximum atomic E-state index is 8.78. The van der Waals surface area contributed by atoms with E-state index in [1.165, 1.54) is 18.4 Å². The number of rotatable bonds is 0. The lowest BCUT2D eigenvalue weighted by molar-refractivity contribution is 0.761. The normalized spacial score (nSPS) is 15.1. The second-order valence-corrected chi connectivity index (χ2v) is 3.51. The van der Waals surface area contributed by atoms with Gasteiger partial charge in [0.25, 0.3) is 0 Å². The number of benzene rings is 1. The maximum Gasteiger partial charge on any atom is 0.0991 e. The molecule has 1 aromatic carbocycles. The van der Waals surface area contributed by atoms with Gasteiger partial charge in [-0.3, -0.25) is 4.99 Å². The van der Waals surface area contributed by atoms with Gasteiger partial charge in [0.2, 0.25) is 0 Å². The van der Waals surface area contributed by atoms with Crippen molar-refractivity contribution < 1.29 is 0 Å². The fourth-order valence-electron chi connectivity index (χ4n) is 1.70. The molecule has 0 aliphatic carbocycles. The second kappa shape index (κ2) is 4.06. The van der Waals surface area contributed by atoms with Crippen molar-refractivity contribution in [1.82, 2.24) is 0 Å². The third kappa shape index (κ3) is 1.82. The maximum absolute atomic E-state index is 8.78. The Hall–Kier alpha value is -1.62. The van der Waals surface area contributed by atoms with Gasteiger partial charge in [-0.05, 0) is 49.4 Å². The third-order valence-electron chi connectivity index (χ3n) is 2.47. The van der Waals surface area contributed by atoms with E-state index in [1.807, 2.05) is 24.4 Å². The van der Waals surface area contributed by atoms with Crippen LogP contribution in [0.2, 0.25) is 0 Å². The molecule has 2 rings (SSSR count). The van der Waals surface area contributed by atoms with E-state index in [0.29, 0.717) is 0 Å². The highest BCUT2D eigenvalue weighted by molar-refractivity contribution is 5.65. The van der Waals surface area contributed by atoms with Crippen molar-refractivity contribution in [2.75, 3.05) is 0 Å². The second-order valence-electron chi connectivity index (χ2n) is 3.51. The Bertz CT molecular complexity index is 399. The van der Waals surface area contributed by atoms with Gasteiger partial charge in [-0.25, -0.2) is 0 Å². The van der Waals surface area contributed by atoms with Crippen LogP contribution in [0, 0.1) is 11.3 Å². The predicted octanol–water partition coefficient (Wildman–Crippen LogP) is 2.99. The minimum absolute atomic E-state index is 0.736. The van der Waals surface area contributed by atoms with Crippen molar-refractivity contribution in [1.29, 1.82) is 5.26 Å². The lowest BCUT2D eigenvalue weighted by Gasteiger charge is -2.08. The summed E-state index contributed by atoms with van der Waals surface area (Å²) >= 11 is 0. The minimum Gasteiger partial charge on any atom is -0.261 e. The highest BCUT2D eigenvalue weighted by Crippen LogP contribution is 2.24. The molecule has 2 heteroatoms. The molecule has 1 heterocycles. The van der Waals surface area contributed by atoms with Crippen LogP contribution in [0.25, 0.3) is 0 Å². The van der Waals surface area contributed by atoms with Crippen LogP contribution < -0.4 is 0 Å². The molecule has 0 bridgehead atoms. The van der Waals surface area contributed by atoms with Gasteiger partial charge in [0, 0.05) is 6.21 Å². The largest absolute Gasteiger partial charge is 0.261 e. The lowest BCUT2D eigenvalue weighted by Crippen LogP contribution is -1.92. The van der Waals surface area contributed by atoms with E-state index in [0.717, 1.165) is 24.1 Å². The molecule has 0 saturated carbocycles. The van der Waals surface area contributed by atoms with Gasteiger partial charge in [0.05, 0.1) is 17.3 Å². The van der Waals surface area contributed by atoms with Crippen molar-refractivity contribution in [3.63, 3.8) is 0 Å². The average molecular weight is 184 g/mol. The van der Waals surface area contributed by atoms with E-state index in [9.17, 15) is 0 Å². The van der Waals surface area contributed by atoms with Gasteiger partial charge in [0.15, 0.2) is 0 Å². The highest BCUT2D eigenvalue weighted by Gasteiger charge is 2.04. The Morgan fingerprint density at radius 1 is 1.29 bits per heavy atom. The summed E-state index contributed by atoms with van der Waals surface area (Å²) in [7, 11) is 0. The molecule has 0 fully saturated rings. The van der Waals surface area contributed by atoms with E-state index in [2.05, 4.69) is 11.1 Å². The topological polar surface area (TPSA) is 36.1 Å². The van der Waals surface area contributed by atoms with Gasteiger partial charge in [-0.2, -0.15) is 5.26 Å². The van der Waals surface area contributed by atoms with Gasteiger partial charge < -0.3 is 0 Å². The predicted molar refractivity (Wildman–Crippen MR) is 56.9 cm³/mol. The molecule has 1 aliphatic heterocycles. The van der Waals surface area contributed by atoms with Crippen LogP contribution in [-0.4, -0.2) is 6.21 Å². The summed E-state index contributed by atoms with van der Waals surface area (Å²) in [5.41, 5.74) is 2.98. The van der Waals surface area contributed by atoms with Crippen LogP contribution in [0.15, 0.2) is 23.2 Å². The molecule has 1 aromatic rings. The molecule has 0 amide bonds. The first-order chi connectivity index (χ1) is 6.90. The van der Waals surface area contributed by atoms with Crippen LogP contribution in [0.3, 0.4) is 0 Å². The van der Waals surface area contributed by atoms with Crippen LogP contribution >= 0.6 is 0 Å². The van der Waals surface area contributed by atoms with Crippen molar-refractivity contribution in [2.24, 2.45) is 4.99 Å². The summed E-state index contributed by atoms with van der Waals surface area (Å²) in [4.78, 5) is 4.39. The summed E-state index contributed by atoms with van der Waals surface area (Å²) < 4.78 is 0. The number of nitriles is 1. The number of hydrogen-bond donors (Lipinski definition) is 0. The molecule has 0 N–H and O–H groups in total. The van der Waals surface area contributed by atoms with Crippen molar-refractivity contribution in [3.05, 3.63) is 29.3 Å². The van der Waals surface area contributed by atoms with Gasteiger partial charge in [0.1, 0.15) is 0 Å². The molecule has 0 aromatic heterocycles. The summed E-state index contributed by atoms with van der Waals surface area (Å²) in [5.74, 6) is 0. The average Bonchev–Trinajstić information content (AvgIpc) is 2.18. The zero-order valence-corrected chi connectivity index (χ0v) is 8.03. The van der Waals surface area contributed by atoms with Crippen molar-refractivity contribution >= 4 is 11.9 Å². The molecule has 0 atom stereocenters. The number of aryl methyl sites for hydroxylation is 1. The standard InChI is InChI=1S/C12H12N2/c13-9-10-5-6-12-11(8-10)4-2-1-3-7-14-12/h5-8H,1-4H2. The first kappa shape index (κ1) is 8.96. The Balaban J connectivity index is 2.42. The Kier molecular flexibility index (Phi) is 2.60. The van der Waals surface area contributed by atoms with Crippen LogP contribution in [0.1, 0.15) is 30.4 Å². The van der Waals surface area contributed by atoms with Gasteiger partial charge in [-0.1, -0.05) is 0 Å².